The van der Waals surface area contributed by atoms with Crippen molar-refractivity contribution in [3.05, 3.63) is 71.4 Å². The van der Waals surface area contributed by atoms with E-state index >= 15 is 0 Å². The standard InChI is InChI=1S/C17H16N2O/c1-12-5-2-3-6-14(12)11-19-17(20)15-8-4-7-13-9-10-18-16(13)15/h2-10,18H,11H2,1H3,(H,19,20). The second-order valence-electron chi connectivity index (χ2n) is 4.86. The number of aryl methyl sites for hydroxylation is 1. The van der Waals surface area contributed by atoms with Crippen molar-refractivity contribution in [3.63, 3.8) is 0 Å². The van der Waals surface area contributed by atoms with E-state index in [0.717, 1.165) is 16.5 Å². The van der Waals surface area contributed by atoms with Crippen molar-refractivity contribution < 1.29 is 4.79 Å². The van der Waals surface area contributed by atoms with E-state index in [0.29, 0.717) is 12.1 Å². The van der Waals surface area contributed by atoms with Crippen LogP contribution in [-0.4, -0.2) is 10.9 Å². The highest BCUT2D eigenvalue weighted by Gasteiger charge is 2.10. The van der Waals surface area contributed by atoms with Gasteiger partial charge in [0, 0.05) is 18.1 Å². The lowest BCUT2D eigenvalue weighted by molar-refractivity contribution is 0.0952. The Kier molecular flexibility index (Phi) is 3.25. The number of nitrogens with one attached hydrogen (secondary N) is 2. The quantitative estimate of drug-likeness (QED) is 0.748. The van der Waals surface area contributed by atoms with Gasteiger partial charge in [0.05, 0.1) is 11.1 Å². The molecule has 20 heavy (non-hydrogen) atoms. The van der Waals surface area contributed by atoms with Crippen LogP contribution < -0.4 is 5.32 Å². The summed E-state index contributed by atoms with van der Waals surface area (Å²) in [7, 11) is 0. The van der Waals surface area contributed by atoms with Crippen LogP contribution in [0.4, 0.5) is 0 Å². The first-order valence-electron chi connectivity index (χ1n) is 6.64. The second-order valence-corrected chi connectivity index (χ2v) is 4.86. The molecular weight excluding hydrogens is 248 g/mol. The zero-order valence-corrected chi connectivity index (χ0v) is 11.3. The first-order chi connectivity index (χ1) is 9.75. The van der Waals surface area contributed by atoms with Crippen LogP contribution in [0.3, 0.4) is 0 Å². The van der Waals surface area contributed by atoms with Crippen molar-refractivity contribution in [2.45, 2.75) is 13.5 Å². The molecule has 0 unspecified atom stereocenters. The minimum Gasteiger partial charge on any atom is -0.361 e. The SMILES string of the molecule is Cc1ccccc1CNC(=O)c1cccc2cc[nH]c12. The zero-order chi connectivity index (χ0) is 13.9. The van der Waals surface area contributed by atoms with Gasteiger partial charge in [-0.15, -0.1) is 0 Å². The van der Waals surface area contributed by atoms with Crippen LogP contribution in [0, 0.1) is 6.92 Å². The fraction of sp³-hybridized carbons (Fsp3) is 0.118. The number of rotatable bonds is 3. The Morgan fingerprint density at radius 2 is 1.95 bits per heavy atom. The molecule has 0 aliphatic heterocycles. The van der Waals surface area contributed by atoms with Crippen LogP contribution in [0.15, 0.2) is 54.7 Å². The molecule has 1 heterocycles. The third kappa shape index (κ3) is 2.30. The third-order valence-electron chi connectivity index (χ3n) is 3.53. The Labute approximate surface area is 117 Å². The van der Waals surface area contributed by atoms with Crippen LogP contribution in [0.5, 0.6) is 0 Å². The van der Waals surface area contributed by atoms with Crippen LogP contribution in [0.25, 0.3) is 10.9 Å². The van der Waals surface area contributed by atoms with Crippen LogP contribution in [0.1, 0.15) is 21.5 Å². The van der Waals surface area contributed by atoms with Gasteiger partial charge in [0.15, 0.2) is 0 Å². The number of benzene rings is 2. The zero-order valence-electron chi connectivity index (χ0n) is 11.3. The van der Waals surface area contributed by atoms with Crippen molar-refractivity contribution >= 4 is 16.8 Å². The maximum Gasteiger partial charge on any atom is 0.253 e. The predicted octanol–water partition coefficient (Wildman–Crippen LogP) is 3.41. The number of para-hydroxylation sites is 1. The molecular formula is C17H16N2O. The van der Waals surface area contributed by atoms with Gasteiger partial charge in [0.2, 0.25) is 0 Å². The number of aromatic nitrogens is 1. The topological polar surface area (TPSA) is 44.9 Å². The molecule has 0 radical (unpaired) electrons. The number of carbonyl (C=O) groups is 1. The number of hydrogen-bond donors (Lipinski definition) is 2. The van der Waals surface area contributed by atoms with Gasteiger partial charge in [-0.3, -0.25) is 4.79 Å². The lowest BCUT2D eigenvalue weighted by Crippen LogP contribution is -2.23. The normalized spacial score (nSPS) is 10.7. The smallest absolute Gasteiger partial charge is 0.253 e. The molecule has 3 aromatic rings. The second kappa shape index (κ2) is 5.21. The molecule has 1 aromatic heterocycles. The molecule has 1 amide bonds. The summed E-state index contributed by atoms with van der Waals surface area (Å²) in [4.78, 5) is 15.4. The molecule has 0 bridgehead atoms. The van der Waals surface area contributed by atoms with E-state index in [9.17, 15) is 4.79 Å². The van der Waals surface area contributed by atoms with Gasteiger partial charge < -0.3 is 10.3 Å². The number of H-pyrrole nitrogens is 1. The molecule has 3 heteroatoms. The molecule has 0 aliphatic carbocycles. The van der Waals surface area contributed by atoms with Gasteiger partial charge >= 0.3 is 0 Å². The van der Waals surface area contributed by atoms with Gasteiger partial charge in [-0.05, 0) is 30.2 Å². The number of carbonyl (C=O) groups excluding carboxylic acids is 1. The Bertz CT molecular complexity index is 758. The van der Waals surface area contributed by atoms with Gasteiger partial charge in [-0.2, -0.15) is 0 Å². The monoisotopic (exact) mass is 264 g/mol. The largest absolute Gasteiger partial charge is 0.361 e. The molecule has 2 N–H and O–H groups in total. The van der Waals surface area contributed by atoms with Gasteiger partial charge in [-0.1, -0.05) is 36.4 Å². The first-order valence-corrected chi connectivity index (χ1v) is 6.64. The fourth-order valence-electron chi connectivity index (χ4n) is 2.35. The van der Waals surface area contributed by atoms with Crippen LogP contribution >= 0.6 is 0 Å². The Hall–Kier alpha value is -2.55. The number of fused-ring (bicyclic) bond motifs is 1. The van der Waals surface area contributed by atoms with E-state index < -0.39 is 0 Å². The average molecular weight is 264 g/mol. The van der Waals surface area contributed by atoms with Crippen molar-refractivity contribution in [1.29, 1.82) is 0 Å². The summed E-state index contributed by atoms with van der Waals surface area (Å²) in [5.41, 5.74) is 3.89. The molecule has 3 rings (SSSR count). The van der Waals surface area contributed by atoms with E-state index in [1.807, 2.05) is 61.7 Å². The highest BCUT2D eigenvalue weighted by atomic mass is 16.1. The van der Waals surface area contributed by atoms with Gasteiger partial charge in [0.25, 0.3) is 5.91 Å². The minimum atomic E-state index is -0.0543. The van der Waals surface area contributed by atoms with Gasteiger partial charge in [-0.25, -0.2) is 0 Å². The van der Waals surface area contributed by atoms with Crippen molar-refractivity contribution in [3.8, 4) is 0 Å². The average Bonchev–Trinajstić information content (AvgIpc) is 2.94. The van der Waals surface area contributed by atoms with Gasteiger partial charge in [0.1, 0.15) is 0 Å². The molecule has 0 atom stereocenters. The summed E-state index contributed by atoms with van der Waals surface area (Å²) in [6.07, 6.45) is 1.85. The molecule has 0 spiro atoms. The summed E-state index contributed by atoms with van der Waals surface area (Å²) in [6.45, 7) is 2.59. The van der Waals surface area contributed by atoms with E-state index in [-0.39, 0.29) is 5.91 Å². The van der Waals surface area contributed by atoms with E-state index in [1.54, 1.807) is 0 Å². The van der Waals surface area contributed by atoms with Crippen molar-refractivity contribution in [2.24, 2.45) is 0 Å². The Balaban J connectivity index is 1.80. The third-order valence-corrected chi connectivity index (χ3v) is 3.53. The maximum absolute atomic E-state index is 12.3. The highest BCUT2D eigenvalue weighted by Crippen LogP contribution is 2.17. The van der Waals surface area contributed by atoms with Crippen LogP contribution in [-0.2, 0) is 6.54 Å². The molecule has 0 fully saturated rings. The van der Waals surface area contributed by atoms with Crippen LogP contribution in [0.2, 0.25) is 0 Å². The lowest BCUT2D eigenvalue weighted by atomic mass is 10.1. The lowest BCUT2D eigenvalue weighted by Gasteiger charge is -2.08. The summed E-state index contributed by atoms with van der Waals surface area (Å²) < 4.78 is 0. The first kappa shape index (κ1) is 12.5. The Morgan fingerprint density at radius 3 is 2.80 bits per heavy atom. The van der Waals surface area contributed by atoms with E-state index in [1.165, 1.54) is 5.56 Å². The Morgan fingerprint density at radius 1 is 1.10 bits per heavy atom. The van der Waals surface area contributed by atoms with Crippen molar-refractivity contribution in [1.82, 2.24) is 10.3 Å². The van der Waals surface area contributed by atoms with Crippen molar-refractivity contribution in [2.75, 3.05) is 0 Å². The predicted molar refractivity (Wildman–Crippen MR) is 80.6 cm³/mol. The molecule has 2 aromatic carbocycles. The number of amides is 1. The van der Waals surface area contributed by atoms with E-state index in [4.69, 9.17) is 0 Å². The fourth-order valence-corrected chi connectivity index (χ4v) is 2.35. The minimum absolute atomic E-state index is 0.0543. The summed E-state index contributed by atoms with van der Waals surface area (Å²) in [6, 6.07) is 15.8. The number of aromatic amines is 1. The summed E-state index contributed by atoms with van der Waals surface area (Å²) in [5, 5.41) is 4.03. The molecule has 0 saturated carbocycles. The number of hydrogen-bond acceptors (Lipinski definition) is 1. The summed E-state index contributed by atoms with van der Waals surface area (Å²) in [5.74, 6) is -0.0543. The molecule has 3 nitrogen and oxygen atoms in total. The highest BCUT2D eigenvalue weighted by molar-refractivity contribution is 6.05. The molecule has 0 saturated heterocycles. The molecule has 0 aliphatic rings. The summed E-state index contributed by atoms with van der Waals surface area (Å²) >= 11 is 0. The van der Waals surface area contributed by atoms with E-state index in [2.05, 4.69) is 10.3 Å². The maximum atomic E-state index is 12.3. The molecule has 100 valence electrons.